The Balaban J connectivity index is 0.000000217. The SMILES string of the molecule is C=CC1c2[c-]cccc2-c2ccccc21.C=Cc1ccccc1.CCC1c2ccccc2-c2ccccc21.[Cl-].[Cl-].[Zr+3]. The maximum absolute atomic E-state index is 3.92. The van der Waals surface area contributed by atoms with Gasteiger partial charge in [-0.25, -0.2) is 0 Å². The van der Waals surface area contributed by atoms with Crippen LogP contribution in [0.15, 0.2) is 141 Å². The second-order valence-electron chi connectivity index (χ2n) is 9.55. The molecule has 41 heavy (non-hydrogen) atoms. The Morgan fingerprint density at radius 2 is 1.07 bits per heavy atom. The normalized spacial score (nSPS) is 12.9. The second kappa shape index (κ2) is 16.5. The molecule has 0 heterocycles. The van der Waals surface area contributed by atoms with Crippen LogP contribution in [0.1, 0.15) is 53.0 Å². The van der Waals surface area contributed by atoms with Gasteiger partial charge in [-0.05, 0) is 39.8 Å². The first kappa shape index (κ1) is 34.2. The minimum atomic E-state index is 0. The smallest absolute Gasteiger partial charge is 1.00 e. The molecule has 0 fully saturated rings. The molecule has 2 aliphatic rings. The largest absolute Gasteiger partial charge is 3.00 e. The number of hydrogen-bond donors (Lipinski definition) is 0. The van der Waals surface area contributed by atoms with Gasteiger partial charge in [0, 0.05) is 11.8 Å². The minimum Gasteiger partial charge on any atom is -1.00 e. The van der Waals surface area contributed by atoms with E-state index in [2.05, 4.69) is 105 Å². The van der Waals surface area contributed by atoms with E-state index in [1.807, 2.05) is 54.6 Å². The Bertz CT molecular complexity index is 1470. The van der Waals surface area contributed by atoms with Gasteiger partial charge in [0.1, 0.15) is 0 Å². The maximum Gasteiger partial charge on any atom is 3.00 e. The minimum absolute atomic E-state index is 0. The Labute approximate surface area is 277 Å². The molecule has 1 radical (unpaired) electrons. The van der Waals surface area contributed by atoms with Crippen LogP contribution in [0.4, 0.5) is 0 Å². The summed E-state index contributed by atoms with van der Waals surface area (Å²) in [5.74, 6) is 0.926. The van der Waals surface area contributed by atoms with Crippen LogP contribution in [0, 0.1) is 6.07 Å². The summed E-state index contributed by atoms with van der Waals surface area (Å²) < 4.78 is 0. The first-order valence-corrected chi connectivity index (χ1v) is 13.3. The molecule has 0 bridgehead atoms. The topological polar surface area (TPSA) is 0 Å². The van der Waals surface area contributed by atoms with Gasteiger partial charge >= 0.3 is 26.2 Å². The standard InChI is InChI=1S/C15H14.C15H11.C8H8.2ClH.Zr/c2*1-2-11-12-7-3-5-9-14(12)15-10-6-4-8-13(11)15;1-2-8-6-4-3-5-7-8;;;/h3-11H,2H2,1H3;2-7,9-11H,1H2;2-7H,1H2;2*1H;/q;-1;;;;+3/p-2. The van der Waals surface area contributed by atoms with Gasteiger partial charge in [0.05, 0.1) is 0 Å². The Hall–Kier alpha value is -2.96. The van der Waals surface area contributed by atoms with Crippen LogP contribution < -0.4 is 24.8 Å². The van der Waals surface area contributed by atoms with E-state index in [-0.39, 0.29) is 51.0 Å². The monoisotopic (exact) mass is 649 g/mol. The van der Waals surface area contributed by atoms with Crippen LogP contribution in [0.3, 0.4) is 0 Å². The molecule has 2 aliphatic carbocycles. The van der Waals surface area contributed by atoms with E-state index in [1.165, 1.54) is 56.5 Å². The van der Waals surface area contributed by atoms with Gasteiger partial charge in [0.25, 0.3) is 0 Å². The Morgan fingerprint density at radius 3 is 1.56 bits per heavy atom. The average molecular weight is 652 g/mol. The van der Waals surface area contributed by atoms with Crippen LogP contribution in [0.2, 0.25) is 0 Å². The fraction of sp³-hybridized carbons (Fsp3) is 0.105. The van der Waals surface area contributed by atoms with Crippen molar-refractivity contribution in [2.75, 3.05) is 0 Å². The van der Waals surface area contributed by atoms with E-state index in [1.54, 1.807) is 0 Å². The van der Waals surface area contributed by atoms with Gasteiger partial charge < -0.3 is 24.8 Å². The molecule has 1 atom stereocenters. The summed E-state index contributed by atoms with van der Waals surface area (Å²) in [5, 5.41) is 0. The van der Waals surface area contributed by atoms with Crippen molar-refractivity contribution in [3.05, 3.63) is 174 Å². The zero-order chi connectivity index (χ0) is 26.3. The van der Waals surface area contributed by atoms with Crippen molar-refractivity contribution in [3.8, 4) is 22.3 Å². The summed E-state index contributed by atoms with van der Waals surface area (Å²) in [7, 11) is 0. The third kappa shape index (κ3) is 7.28. The molecule has 1 unspecified atom stereocenters. The van der Waals surface area contributed by atoms with Crippen molar-refractivity contribution in [2.24, 2.45) is 0 Å². The van der Waals surface area contributed by atoms with Gasteiger partial charge in [-0.1, -0.05) is 134 Å². The zero-order valence-corrected chi connectivity index (χ0v) is 27.2. The van der Waals surface area contributed by atoms with Crippen molar-refractivity contribution in [1.29, 1.82) is 0 Å². The maximum atomic E-state index is 3.92. The molecule has 0 spiro atoms. The van der Waals surface area contributed by atoms with Crippen molar-refractivity contribution in [1.82, 2.24) is 0 Å². The zero-order valence-electron chi connectivity index (χ0n) is 23.2. The van der Waals surface area contributed by atoms with Gasteiger partial charge in [-0.2, -0.15) is 24.3 Å². The molecule has 5 aromatic rings. The third-order valence-electron chi connectivity index (χ3n) is 7.43. The van der Waals surface area contributed by atoms with Gasteiger partial charge in [-0.15, -0.1) is 17.7 Å². The van der Waals surface area contributed by atoms with Crippen LogP contribution >= 0.6 is 0 Å². The fourth-order valence-corrected chi connectivity index (χ4v) is 5.64. The molecule has 3 heteroatoms. The van der Waals surface area contributed by atoms with Crippen molar-refractivity contribution >= 4 is 6.08 Å². The average Bonchev–Trinajstić information content (AvgIpc) is 3.50. The third-order valence-corrected chi connectivity index (χ3v) is 7.43. The summed E-state index contributed by atoms with van der Waals surface area (Å²) in [6, 6.07) is 45.6. The number of allylic oxidation sites excluding steroid dienone is 1. The molecule has 0 nitrogen and oxygen atoms in total. The van der Waals surface area contributed by atoms with Crippen LogP contribution in [0.25, 0.3) is 28.3 Å². The number of benzene rings is 5. The molecule has 7 rings (SSSR count). The summed E-state index contributed by atoms with van der Waals surface area (Å²) in [6.45, 7) is 9.82. The number of halogens is 2. The summed E-state index contributed by atoms with van der Waals surface area (Å²) in [4.78, 5) is 0. The Kier molecular flexibility index (Phi) is 13.8. The predicted octanol–water partition coefficient (Wildman–Crippen LogP) is 4.33. The summed E-state index contributed by atoms with van der Waals surface area (Å²) in [5.41, 5.74) is 12.3. The van der Waals surface area contributed by atoms with Crippen LogP contribution in [0.5, 0.6) is 0 Å². The van der Waals surface area contributed by atoms with E-state index >= 15 is 0 Å². The molecule has 0 aromatic heterocycles. The first-order valence-electron chi connectivity index (χ1n) is 13.3. The number of rotatable bonds is 3. The van der Waals surface area contributed by atoms with Crippen LogP contribution in [-0.4, -0.2) is 0 Å². The van der Waals surface area contributed by atoms with Crippen molar-refractivity contribution < 1.29 is 51.0 Å². The van der Waals surface area contributed by atoms with E-state index < -0.39 is 0 Å². The number of hydrogen-bond acceptors (Lipinski definition) is 0. The van der Waals surface area contributed by atoms with Crippen LogP contribution in [-0.2, 0) is 26.2 Å². The predicted molar refractivity (Wildman–Crippen MR) is 163 cm³/mol. The second-order valence-corrected chi connectivity index (χ2v) is 9.55. The molecular formula is C38H33Cl2Zr. The molecule has 5 aromatic carbocycles. The molecule has 203 valence electrons. The number of fused-ring (bicyclic) bond motifs is 6. The van der Waals surface area contributed by atoms with Gasteiger partial charge in [-0.3, -0.25) is 0 Å². The molecule has 0 saturated carbocycles. The van der Waals surface area contributed by atoms with Gasteiger partial charge in [0.15, 0.2) is 0 Å². The van der Waals surface area contributed by atoms with Crippen molar-refractivity contribution in [2.45, 2.75) is 25.2 Å². The molecule has 0 saturated heterocycles. The molecule has 0 aliphatic heterocycles. The Morgan fingerprint density at radius 1 is 0.610 bits per heavy atom. The fourth-order valence-electron chi connectivity index (χ4n) is 5.64. The first-order chi connectivity index (χ1) is 18.8. The van der Waals surface area contributed by atoms with E-state index in [4.69, 9.17) is 0 Å². The van der Waals surface area contributed by atoms with E-state index in [0.717, 1.165) is 0 Å². The van der Waals surface area contributed by atoms with Crippen molar-refractivity contribution in [3.63, 3.8) is 0 Å². The molecular weight excluding hydrogens is 619 g/mol. The van der Waals surface area contributed by atoms with Gasteiger partial charge in [0.2, 0.25) is 0 Å². The molecule has 0 amide bonds. The van der Waals surface area contributed by atoms with E-state index in [9.17, 15) is 0 Å². The summed E-state index contributed by atoms with van der Waals surface area (Å²) in [6.07, 6.45) is 5.02. The quantitative estimate of drug-likeness (QED) is 0.202. The van der Waals surface area contributed by atoms with E-state index in [0.29, 0.717) is 11.8 Å². The molecule has 0 N–H and O–H groups in total. The summed E-state index contributed by atoms with van der Waals surface area (Å²) >= 11 is 0.